The molecule has 25 heavy (non-hydrogen) atoms. The average molecular weight is 351 g/mol. The van der Waals surface area contributed by atoms with Gasteiger partial charge in [-0.3, -0.25) is 0 Å². The lowest BCUT2D eigenvalue weighted by atomic mass is 10.0. The van der Waals surface area contributed by atoms with Crippen LogP contribution in [0.5, 0.6) is 0 Å². The third kappa shape index (κ3) is 6.23. The van der Waals surface area contributed by atoms with E-state index in [2.05, 4.69) is 5.32 Å². The van der Waals surface area contributed by atoms with Gasteiger partial charge in [-0.05, 0) is 37.1 Å². The molecule has 0 saturated carbocycles. The highest BCUT2D eigenvalue weighted by molar-refractivity contribution is 5.89. The summed E-state index contributed by atoms with van der Waals surface area (Å²) >= 11 is 0. The van der Waals surface area contributed by atoms with E-state index in [1.807, 2.05) is 13.0 Å². The first-order chi connectivity index (χ1) is 11.9. The second-order valence-corrected chi connectivity index (χ2v) is 5.76. The van der Waals surface area contributed by atoms with Gasteiger partial charge >= 0.3 is 12.1 Å². The second kappa shape index (κ2) is 8.67. The van der Waals surface area contributed by atoms with Gasteiger partial charge in [0.2, 0.25) is 0 Å². The van der Waals surface area contributed by atoms with Gasteiger partial charge in [0.05, 0.1) is 11.1 Å². The molecule has 0 fully saturated rings. The van der Waals surface area contributed by atoms with E-state index in [1.165, 1.54) is 6.07 Å². The number of esters is 1. The summed E-state index contributed by atoms with van der Waals surface area (Å²) in [6.07, 6.45) is -3.88. The van der Waals surface area contributed by atoms with Crippen LogP contribution in [-0.4, -0.2) is 25.2 Å². The topological polar surface area (TPSA) is 38.3 Å². The van der Waals surface area contributed by atoms with Crippen molar-refractivity contribution in [1.29, 1.82) is 0 Å². The summed E-state index contributed by atoms with van der Waals surface area (Å²) in [4.78, 5) is 11.8. The number of carbonyl (C=O) groups excluding carboxylic acids is 1. The Morgan fingerprint density at radius 1 is 1.12 bits per heavy atom. The first-order valence-corrected chi connectivity index (χ1v) is 7.98. The van der Waals surface area contributed by atoms with E-state index < -0.39 is 17.7 Å². The normalized spacial score (nSPS) is 12.6. The molecular formula is C19H20F3NO2. The van der Waals surface area contributed by atoms with E-state index in [-0.39, 0.29) is 12.6 Å². The molecule has 2 aromatic carbocycles. The lowest BCUT2D eigenvalue weighted by Crippen LogP contribution is -2.31. The van der Waals surface area contributed by atoms with Crippen LogP contribution in [-0.2, 0) is 17.3 Å². The minimum absolute atomic E-state index is 0.0427. The molecule has 3 nitrogen and oxygen atoms in total. The maximum atomic E-state index is 12.7. The predicted octanol–water partition coefficient (Wildman–Crippen LogP) is 4.08. The zero-order valence-corrected chi connectivity index (χ0v) is 13.8. The van der Waals surface area contributed by atoms with Gasteiger partial charge in [-0.1, -0.05) is 36.4 Å². The van der Waals surface area contributed by atoms with Crippen LogP contribution >= 0.6 is 0 Å². The lowest BCUT2D eigenvalue weighted by Gasteiger charge is -2.15. The Morgan fingerprint density at radius 2 is 1.84 bits per heavy atom. The fourth-order valence-electron chi connectivity index (χ4n) is 2.41. The fraction of sp³-hybridized carbons (Fsp3) is 0.316. The van der Waals surface area contributed by atoms with Crippen LogP contribution in [0.3, 0.4) is 0 Å². The quantitative estimate of drug-likeness (QED) is 0.603. The Morgan fingerprint density at radius 3 is 2.52 bits per heavy atom. The van der Waals surface area contributed by atoms with Crippen LogP contribution in [0.1, 0.15) is 28.4 Å². The third-order valence-electron chi connectivity index (χ3n) is 3.63. The van der Waals surface area contributed by atoms with Crippen LogP contribution in [0.15, 0.2) is 54.6 Å². The lowest BCUT2D eigenvalue weighted by molar-refractivity contribution is -0.137. The molecular weight excluding hydrogens is 331 g/mol. The fourth-order valence-corrected chi connectivity index (χ4v) is 2.41. The smallest absolute Gasteiger partial charge is 0.416 e. The van der Waals surface area contributed by atoms with Gasteiger partial charge in [0.1, 0.15) is 6.61 Å². The number of ether oxygens (including phenoxy) is 1. The first-order valence-electron chi connectivity index (χ1n) is 7.98. The number of alkyl halides is 3. The molecule has 0 aliphatic rings. The SMILES string of the molecule is C[C@H](Cc1cccc(C(F)(F)F)c1)NCCOC(=O)c1ccccc1. The van der Waals surface area contributed by atoms with Crippen molar-refractivity contribution in [3.8, 4) is 0 Å². The van der Waals surface area contributed by atoms with Crippen molar-refractivity contribution in [1.82, 2.24) is 5.32 Å². The van der Waals surface area contributed by atoms with Gasteiger partial charge in [-0.2, -0.15) is 13.2 Å². The Hall–Kier alpha value is -2.34. The van der Waals surface area contributed by atoms with E-state index in [0.29, 0.717) is 24.1 Å². The third-order valence-corrected chi connectivity index (χ3v) is 3.63. The molecule has 0 amide bonds. The van der Waals surface area contributed by atoms with Crippen LogP contribution in [0, 0.1) is 0 Å². The van der Waals surface area contributed by atoms with Crippen LogP contribution in [0.4, 0.5) is 13.2 Å². The minimum atomic E-state index is -4.34. The second-order valence-electron chi connectivity index (χ2n) is 5.76. The van der Waals surface area contributed by atoms with Crippen molar-refractivity contribution < 1.29 is 22.7 Å². The standard InChI is InChI=1S/C19H20F3NO2/c1-14(12-15-6-5-9-17(13-15)19(20,21)22)23-10-11-25-18(24)16-7-3-2-4-8-16/h2-9,13-14,23H,10-12H2,1H3/t14-/m1/s1. The molecule has 1 N–H and O–H groups in total. The molecule has 0 aliphatic heterocycles. The summed E-state index contributed by atoms with van der Waals surface area (Å²) in [5, 5.41) is 3.14. The van der Waals surface area contributed by atoms with E-state index in [9.17, 15) is 18.0 Å². The van der Waals surface area contributed by atoms with E-state index >= 15 is 0 Å². The molecule has 0 unspecified atom stereocenters. The largest absolute Gasteiger partial charge is 0.461 e. The minimum Gasteiger partial charge on any atom is -0.461 e. The van der Waals surface area contributed by atoms with Crippen molar-refractivity contribution in [2.75, 3.05) is 13.2 Å². The van der Waals surface area contributed by atoms with Crippen molar-refractivity contribution >= 4 is 5.97 Å². The van der Waals surface area contributed by atoms with Gasteiger partial charge in [0, 0.05) is 12.6 Å². The molecule has 2 aromatic rings. The Kier molecular flexibility index (Phi) is 6.58. The highest BCUT2D eigenvalue weighted by Gasteiger charge is 2.30. The summed E-state index contributed by atoms with van der Waals surface area (Å²) in [5.41, 5.74) is 0.449. The van der Waals surface area contributed by atoms with Crippen LogP contribution < -0.4 is 5.32 Å². The molecule has 0 bridgehead atoms. The molecule has 6 heteroatoms. The molecule has 2 rings (SSSR count). The molecule has 134 valence electrons. The Bertz CT molecular complexity index is 687. The average Bonchev–Trinajstić information content (AvgIpc) is 2.59. The van der Waals surface area contributed by atoms with Gasteiger partial charge in [-0.15, -0.1) is 0 Å². The Labute approximate surface area is 144 Å². The highest BCUT2D eigenvalue weighted by Crippen LogP contribution is 2.29. The molecule has 0 radical (unpaired) electrons. The van der Waals surface area contributed by atoms with E-state index in [4.69, 9.17) is 4.74 Å². The predicted molar refractivity (Wildman–Crippen MR) is 89.3 cm³/mol. The summed E-state index contributed by atoms with van der Waals surface area (Å²) in [5.74, 6) is -0.395. The van der Waals surface area contributed by atoms with E-state index in [0.717, 1.165) is 12.1 Å². The summed E-state index contributed by atoms with van der Waals surface area (Å²) in [6.45, 7) is 2.50. The van der Waals surface area contributed by atoms with Gasteiger partial charge in [0.15, 0.2) is 0 Å². The highest BCUT2D eigenvalue weighted by atomic mass is 19.4. The summed E-state index contributed by atoms with van der Waals surface area (Å²) in [6, 6.07) is 13.9. The van der Waals surface area contributed by atoms with Crippen LogP contribution in [0.25, 0.3) is 0 Å². The maximum absolute atomic E-state index is 12.7. The number of hydrogen-bond donors (Lipinski definition) is 1. The van der Waals surface area contributed by atoms with E-state index in [1.54, 1.807) is 30.3 Å². The molecule has 1 atom stereocenters. The maximum Gasteiger partial charge on any atom is 0.416 e. The molecule has 0 saturated heterocycles. The monoisotopic (exact) mass is 351 g/mol. The van der Waals surface area contributed by atoms with Crippen molar-refractivity contribution in [2.24, 2.45) is 0 Å². The molecule has 0 aliphatic carbocycles. The Balaban J connectivity index is 1.74. The molecule has 0 aromatic heterocycles. The number of nitrogens with one attached hydrogen (secondary N) is 1. The van der Waals surface area contributed by atoms with Crippen molar-refractivity contribution in [3.63, 3.8) is 0 Å². The zero-order chi connectivity index (χ0) is 18.3. The number of carbonyl (C=O) groups is 1. The van der Waals surface area contributed by atoms with Gasteiger partial charge < -0.3 is 10.1 Å². The number of hydrogen-bond acceptors (Lipinski definition) is 3. The van der Waals surface area contributed by atoms with Gasteiger partial charge in [-0.25, -0.2) is 4.79 Å². The molecule has 0 spiro atoms. The van der Waals surface area contributed by atoms with Crippen LogP contribution in [0.2, 0.25) is 0 Å². The number of halogens is 3. The zero-order valence-electron chi connectivity index (χ0n) is 13.8. The summed E-state index contributed by atoms with van der Waals surface area (Å²) < 4.78 is 43.3. The van der Waals surface area contributed by atoms with Crippen molar-refractivity contribution in [3.05, 3.63) is 71.3 Å². The number of rotatable bonds is 7. The first kappa shape index (κ1) is 19.0. The van der Waals surface area contributed by atoms with Gasteiger partial charge in [0.25, 0.3) is 0 Å². The van der Waals surface area contributed by atoms with Crippen molar-refractivity contribution in [2.45, 2.75) is 25.6 Å². The molecule has 0 heterocycles. The summed E-state index contributed by atoms with van der Waals surface area (Å²) in [7, 11) is 0. The number of benzene rings is 2.